The van der Waals surface area contributed by atoms with Gasteiger partial charge in [-0.15, -0.1) is 0 Å². The van der Waals surface area contributed by atoms with E-state index < -0.39 is 0 Å². The van der Waals surface area contributed by atoms with E-state index in [1.165, 1.54) is 11.1 Å². The Hall–Kier alpha value is -0.570. The molecule has 96 valence electrons. The van der Waals surface area contributed by atoms with Crippen molar-refractivity contribution < 1.29 is 0 Å². The number of rotatable bonds is 5. The van der Waals surface area contributed by atoms with Gasteiger partial charge in [-0.1, -0.05) is 24.6 Å². The first-order valence-electron chi connectivity index (χ1n) is 6.19. The molecule has 0 aliphatic heterocycles. The largest absolute Gasteiger partial charge is 0.329 e. The minimum Gasteiger partial charge on any atom is -0.329 e. The lowest BCUT2D eigenvalue weighted by Gasteiger charge is -2.33. The summed E-state index contributed by atoms with van der Waals surface area (Å²) >= 11 is 5.99. The highest BCUT2D eigenvalue weighted by molar-refractivity contribution is 6.30. The van der Waals surface area contributed by atoms with Gasteiger partial charge in [0.05, 0.1) is 0 Å². The van der Waals surface area contributed by atoms with Gasteiger partial charge < -0.3 is 5.73 Å². The van der Waals surface area contributed by atoms with Crippen molar-refractivity contribution in [1.29, 1.82) is 0 Å². The van der Waals surface area contributed by atoms with Gasteiger partial charge in [0.2, 0.25) is 0 Å². The van der Waals surface area contributed by atoms with E-state index in [0.717, 1.165) is 11.4 Å². The molecule has 3 heteroatoms. The zero-order valence-electron chi connectivity index (χ0n) is 11.2. The maximum Gasteiger partial charge on any atom is 0.0472 e. The van der Waals surface area contributed by atoms with Crippen LogP contribution in [-0.2, 0) is 0 Å². The third-order valence-corrected chi connectivity index (χ3v) is 3.83. The van der Waals surface area contributed by atoms with E-state index in [4.69, 9.17) is 17.3 Å². The molecule has 1 aromatic carbocycles. The van der Waals surface area contributed by atoms with Crippen molar-refractivity contribution in [2.45, 2.75) is 39.3 Å². The van der Waals surface area contributed by atoms with Crippen LogP contribution in [-0.4, -0.2) is 24.5 Å². The van der Waals surface area contributed by atoms with E-state index in [-0.39, 0.29) is 6.04 Å². The van der Waals surface area contributed by atoms with E-state index in [9.17, 15) is 0 Å². The first-order valence-corrected chi connectivity index (χ1v) is 6.57. The minimum atomic E-state index is 0.266. The second-order valence-corrected chi connectivity index (χ2v) is 5.11. The summed E-state index contributed by atoms with van der Waals surface area (Å²) in [6.07, 6.45) is 1.12. The highest BCUT2D eigenvalue weighted by Crippen LogP contribution is 2.26. The summed E-state index contributed by atoms with van der Waals surface area (Å²) in [4.78, 5) is 2.34. The van der Waals surface area contributed by atoms with Crippen molar-refractivity contribution in [3.05, 3.63) is 34.3 Å². The summed E-state index contributed by atoms with van der Waals surface area (Å²) in [6, 6.07) is 6.83. The van der Waals surface area contributed by atoms with E-state index >= 15 is 0 Å². The Morgan fingerprint density at radius 3 is 2.53 bits per heavy atom. The molecule has 0 radical (unpaired) electrons. The third kappa shape index (κ3) is 3.44. The van der Waals surface area contributed by atoms with Crippen molar-refractivity contribution in [3.8, 4) is 0 Å². The fourth-order valence-corrected chi connectivity index (χ4v) is 2.35. The Morgan fingerprint density at radius 2 is 2.06 bits per heavy atom. The van der Waals surface area contributed by atoms with Crippen molar-refractivity contribution >= 4 is 11.6 Å². The highest BCUT2D eigenvalue weighted by Gasteiger charge is 2.20. The standard InChI is InChI=1S/C14H23ClN2/c1-5-11(3)17(4)14(9-16)13-7-6-12(15)8-10(13)2/h6-8,11,14H,5,9,16H2,1-4H3. The van der Waals surface area contributed by atoms with Crippen LogP contribution in [0.5, 0.6) is 0 Å². The van der Waals surface area contributed by atoms with Crippen molar-refractivity contribution in [1.82, 2.24) is 4.90 Å². The van der Waals surface area contributed by atoms with Gasteiger partial charge in [0.1, 0.15) is 0 Å². The number of nitrogens with two attached hydrogens (primary N) is 1. The molecular weight excluding hydrogens is 232 g/mol. The van der Waals surface area contributed by atoms with Crippen molar-refractivity contribution in [2.75, 3.05) is 13.6 Å². The van der Waals surface area contributed by atoms with E-state index in [2.05, 4.69) is 38.8 Å². The number of hydrogen-bond donors (Lipinski definition) is 1. The third-order valence-electron chi connectivity index (χ3n) is 3.59. The first-order chi connectivity index (χ1) is 8.01. The molecule has 0 aliphatic rings. The van der Waals surface area contributed by atoms with Crippen LogP contribution in [0.4, 0.5) is 0 Å². The lowest BCUT2D eigenvalue weighted by atomic mass is 9.99. The molecule has 0 aliphatic carbocycles. The summed E-state index contributed by atoms with van der Waals surface area (Å²) in [7, 11) is 2.14. The number of aryl methyl sites for hydroxylation is 1. The van der Waals surface area contributed by atoms with Gasteiger partial charge >= 0.3 is 0 Å². The number of benzene rings is 1. The predicted octanol–water partition coefficient (Wildman–Crippen LogP) is 3.38. The Labute approximate surface area is 110 Å². The summed E-state index contributed by atoms with van der Waals surface area (Å²) in [6.45, 7) is 7.15. The normalized spacial score (nSPS) is 15.0. The minimum absolute atomic E-state index is 0.266. The number of nitrogens with zero attached hydrogens (tertiary/aromatic N) is 1. The quantitative estimate of drug-likeness (QED) is 0.873. The van der Waals surface area contributed by atoms with Crippen LogP contribution >= 0.6 is 11.6 Å². The Bertz CT molecular complexity index is 365. The SMILES string of the molecule is CCC(C)N(C)C(CN)c1ccc(Cl)cc1C. The van der Waals surface area contributed by atoms with Gasteiger partial charge in [-0.25, -0.2) is 0 Å². The van der Waals surface area contributed by atoms with Crippen LogP contribution in [0.1, 0.15) is 37.4 Å². The summed E-state index contributed by atoms with van der Waals surface area (Å²) in [5.74, 6) is 0. The average Bonchev–Trinajstić information content (AvgIpc) is 2.31. The van der Waals surface area contributed by atoms with E-state index in [1.807, 2.05) is 12.1 Å². The van der Waals surface area contributed by atoms with Gasteiger partial charge in [-0.3, -0.25) is 4.90 Å². The molecule has 2 nitrogen and oxygen atoms in total. The smallest absolute Gasteiger partial charge is 0.0472 e. The maximum absolute atomic E-state index is 5.99. The number of hydrogen-bond acceptors (Lipinski definition) is 2. The molecule has 0 saturated carbocycles. The molecule has 0 aromatic heterocycles. The summed E-state index contributed by atoms with van der Waals surface area (Å²) in [5.41, 5.74) is 8.42. The van der Waals surface area contributed by atoms with Crippen molar-refractivity contribution in [3.63, 3.8) is 0 Å². The lowest BCUT2D eigenvalue weighted by Crippen LogP contribution is -2.37. The van der Waals surface area contributed by atoms with Crippen LogP contribution < -0.4 is 5.73 Å². The zero-order chi connectivity index (χ0) is 13.0. The summed E-state index contributed by atoms with van der Waals surface area (Å²) in [5, 5.41) is 0.785. The molecule has 0 saturated heterocycles. The lowest BCUT2D eigenvalue weighted by molar-refractivity contribution is 0.184. The number of halogens is 1. The van der Waals surface area contributed by atoms with Crippen LogP contribution in [0, 0.1) is 6.92 Å². The van der Waals surface area contributed by atoms with Crippen LogP contribution in [0.15, 0.2) is 18.2 Å². The fourth-order valence-electron chi connectivity index (χ4n) is 2.12. The molecule has 2 atom stereocenters. The van der Waals surface area contributed by atoms with Gasteiger partial charge in [0.25, 0.3) is 0 Å². The Balaban J connectivity index is 3.01. The maximum atomic E-state index is 5.99. The molecule has 0 bridgehead atoms. The summed E-state index contributed by atoms with van der Waals surface area (Å²) < 4.78 is 0. The van der Waals surface area contributed by atoms with Gasteiger partial charge in [-0.05, 0) is 50.6 Å². The molecule has 17 heavy (non-hydrogen) atoms. The molecular formula is C14H23ClN2. The average molecular weight is 255 g/mol. The topological polar surface area (TPSA) is 29.3 Å². The number of likely N-dealkylation sites (N-methyl/N-ethyl adjacent to an activating group) is 1. The molecule has 0 fully saturated rings. The molecule has 1 aromatic rings. The van der Waals surface area contributed by atoms with Crippen LogP contribution in [0.25, 0.3) is 0 Å². The highest BCUT2D eigenvalue weighted by atomic mass is 35.5. The van der Waals surface area contributed by atoms with Gasteiger partial charge in [-0.2, -0.15) is 0 Å². The molecule has 2 unspecified atom stereocenters. The Kier molecular flexibility index (Phi) is 5.44. The van der Waals surface area contributed by atoms with Gasteiger partial charge in [0, 0.05) is 23.7 Å². The second kappa shape index (κ2) is 6.39. The monoisotopic (exact) mass is 254 g/mol. The fraction of sp³-hybridized carbons (Fsp3) is 0.571. The zero-order valence-corrected chi connectivity index (χ0v) is 12.0. The molecule has 0 spiro atoms. The molecule has 0 heterocycles. The second-order valence-electron chi connectivity index (χ2n) is 4.68. The van der Waals surface area contributed by atoms with Gasteiger partial charge in [0.15, 0.2) is 0 Å². The van der Waals surface area contributed by atoms with Crippen LogP contribution in [0.2, 0.25) is 5.02 Å². The molecule has 0 amide bonds. The van der Waals surface area contributed by atoms with E-state index in [0.29, 0.717) is 12.6 Å². The van der Waals surface area contributed by atoms with Crippen LogP contribution in [0.3, 0.4) is 0 Å². The molecule has 1 rings (SSSR count). The Morgan fingerprint density at radius 1 is 1.41 bits per heavy atom. The molecule has 2 N–H and O–H groups in total. The first kappa shape index (κ1) is 14.5. The van der Waals surface area contributed by atoms with Crippen molar-refractivity contribution in [2.24, 2.45) is 5.73 Å². The van der Waals surface area contributed by atoms with E-state index in [1.54, 1.807) is 0 Å². The predicted molar refractivity (Wildman–Crippen MR) is 75.5 cm³/mol.